The maximum atomic E-state index is 11.6. The van der Waals surface area contributed by atoms with Gasteiger partial charge in [-0.1, -0.05) is 17.7 Å². The number of nitrogens with one attached hydrogen (secondary N) is 1. The lowest BCUT2D eigenvalue weighted by atomic mass is 10.0. The van der Waals surface area contributed by atoms with Crippen molar-refractivity contribution in [2.24, 2.45) is 0 Å². The molecule has 2 heterocycles. The standard InChI is InChI=1S/C14H14ClNO3/c1-18-14(17)12-6-10-8(2-4-9-7-19-9)3-5-11(15)13(10)16-12/h3,5-6,9,16H,2,4,7H2,1H3. The summed E-state index contributed by atoms with van der Waals surface area (Å²) >= 11 is 6.16. The first-order valence-electron chi connectivity index (χ1n) is 6.19. The number of rotatable bonds is 4. The van der Waals surface area contributed by atoms with Crippen molar-refractivity contribution in [3.63, 3.8) is 0 Å². The number of methoxy groups -OCH3 is 1. The van der Waals surface area contributed by atoms with E-state index in [0.29, 0.717) is 16.8 Å². The van der Waals surface area contributed by atoms with E-state index in [1.54, 1.807) is 6.07 Å². The van der Waals surface area contributed by atoms with Gasteiger partial charge in [0.25, 0.3) is 0 Å². The number of epoxide rings is 1. The van der Waals surface area contributed by atoms with Gasteiger partial charge in [-0.25, -0.2) is 4.79 Å². The number of carbonyl (C=O) groups excluding carboxylic acids is 1. The van der Waals surface area contributed by atoms with Gasteiger partial charge in [0.15, 0.2) is 0 Å². The fraction of sp³-hybridized carbons (Fsp3) is 0.357. The van der Waals surface area contributed by atoms with E-state index in [0.717, 1.165) is 30.4 Å². The Bertz CT molecular complexity index is 631. The molecule has 5 heteroatoms. The third-order valence-corrected chi connectivity index (χ3v) is 3.69. The Hall–Kier alpha value is -1.52. The lowest BCUT2D eigenvalue weighted by Crippen LogP contribution is -2.00. The molecule has 3 rings (SSSR count). The molecule has 1 unspecified atom stereocenters. The second-order valence-corrected chi connectivity index (χ2v) is 5.07. The highest BCUT2D eigenvalue weighted by atomic mass is 35.5. The minimum Gasteiger partial charge on any atom is -0.464 e. The van der Waals surface area contributed by atoms with E-state index >= 15 is 0 Å². The summed E-state index contributed by atoms with van der Waals surface area (Å²) in [6.07, 6.45) is 2.30. The molecular weight excluding hydrogens is 266 g/mol. The minimum absolute atomic E-state index is 0.385. The van der Waals surface area contributed by atoms with Crippen molar-refractivity contribution in [1.82, 2.24) is 4.98 Å². The van der Waals surface area contributed by atoms with Crippen LogP contribution in [0.5, 0.6) is 0 Å². The highest BCUT2D eigenvalue weighted by Crippen LogP contribution is 2.29. The number of benzene rings is 1. The van der Waals surface area contributed by atoms with Gasteiger partial charge in [-0.2, -0.15) is 0 Å². The summed E-state index contributed by atoms with van der Waals surface area (Å²) in [4.78, 5) is 14.6. The molecule has 1 atom stereocenters. The predicted octanol–water partition coefficient (Wildman–Crippen LogP) is 2.94. The van der Waals surface area contributed by atoms with E-state index in [1.165, 1.54) is 12.7 Å². The van der Waals surface area contributed by atoms with Crippen LogP contribution in [0.25, 0.3) is 10.9 Å². The third-order valence-electron chi connectivity index (χ3n) is 3.38. The summed E-state index contributed by atoms with van der Waals surface area (Å²) in [6, 6.07) is 5.66. The number of hydrogen-bond acceptors (Lipinski definition) is 3. The van der Waals surface area contributed by atoms with E-state index in [4.69, 9.17) is 21.1 Å². The van der Waals surface area contributed by atoms with Gasteiger partial charge in [0, 0.05) is 5.39 Å². The Balaban J connectivity index is 1.99. The first kappa shape index (κ1) is 12.5. The van der Waals surface area contributed by atoms with Crippen molar-refractivity contribution >= 4 is 28.5 Å². The maximum absolute atomic E-state index is 11.6. The number of aromatic amines is 1. The monoisotopic (exact) mass is 279 g/mol. The average molecular weight is 280 g/mol. The smallest absolute Gasteiger partial charge is 0.354 e. The molecule has 0 aliphatic carbocycles. The zero-order valence-electron chi connectivity index (χ0n) is 10.5. The molecule has 0 amide bonds. The van der Waals surface area contributed by atoms with Crippen LogP contribution in [0.3, 0.4) is 0 Å². The van der Waals surface area contributed by atoms with Crippen molar-refractivity contribution in [2.75, 3.05) is 13.7 Å². The Kier molecular flexibility index (Phi) is 3.21. The Morgan fingerprint density at radius 3 is 3.05 bits per heavy atom. The molecule has 100 valence electrons. The molecule has 19 heavy (non-hydrogen) atoms. The van der Waals surface area contributed by atoms with Gasteiger partial charge in [0.1, 0.15) is 5.69 Å². The molecule has 1 fully saturated rings. The maximum Gasteiger partial charge on any atom is 0.354 e. The van der Waals surface area contributed by atoms with E-state index in [2.05, 4.69) is 4.98 Å². The van der Waals surface area contributed by atoms with Gasteiger partial charge < -0.3 is 14.5 Å². The largest absolute Gasteiger partial charge is 0.464 e. The van der Waals surface area contributed by atoms with Gasteiger partial charge in [-0.05, 0) is 30.5 Å². The number of aromatic nitrogens is 1. The summed E-state index contributed by atoms with van der Waals surface area (Å²) in [5.74, 6) is -0.385. The topological polar surface area (TPSA) is 54.6 Å². The normalized spacial score (nSPS) is 17.7. The second-order valence-electron chi connectivity index (χ2n) is 4.66. The number of carbonyl (C=O) groups is 1. The lowest BCUT2D eigenvalue weighted by molar-refractivity contribution is 0.0595. The predicted molar refractivity (Wildman–Crippen MR) is 72.7 cm³/mol. The van der Waals surface area contributed by atoms with Crippen molar-refractivity contribution < 1.29 is 14.3 Å². The molecule has 1 aromatic heterocycles. The first-order valence-corrected chi connectivity index (χ1v) is 6.57. The number of esters is 1. The SMILES string of the molecule is COC(=O)c1cc2c(CCC3CO3)ccc(Cl)c2[nH]1. The van der Waals surface area contributed by atoms with E-state index in [1.807, 2.05) is 12.1 Å². The number of hydrogen-bond donors (Lipinski definition) is 1. The molecule has 4 nitrogen and oxygen atoms in total. The Morgan fingerprint density at radius 1 is 1.58 bits per heavy atom. The summed E-state index contributed by atoms with van der Waals surface area (Å²) in [5, 5.41) is 1.59. The molecule has 0 saturated carbocycles. The van der Waals surface area contributed by atoms with Crippen molar-refractivity contribution in [1.29, 1.82) is 0 Å². The van der Waals surface area contributed by atoms with Gasteiger partial charge in [-0.3, -0.25) is 0 Å². The molecule has 0 bridgehead atoms. The van der Waals surface area contributed by atoms with Crippen LogP contribution in [0.1, 0.15) is 22.5 Å². The quantitative estimate of drug-likeness (QED) is 0.691. The number of halogens is 1. The molecule has 0 spiro atoms. The third kappa shape index (κ3) is 2.46. The van der Waals surface area contributed by atoms with Gasteiger partial charge >= 0.3 is 5.97 Å². The van der Waals surface area contributed by atoms with E-state index < -0.39 is 0 Å². The average Bonchev–Trinajstić information content (AvgIpc) is 3.13. The molecule has 1 aliphatic rings. The van der Waals surface area contributed by atoms with Crippen LogP contribution >= 0.6 is 11.6 Å². The number of aryl methyl sites for hydroxylation is 1. The molecule has 1 aliphatic heterocycles. The molecule has 2 aromatic rings. The molecule has 1 saturated heterocycles. The van der Waals surface area contributed by atoms with Gasteiger partial charge in [0.05, 0.1) is 30.4 Å². The van der Waals surface area contributed by atoms with Crippen molar-refractivity contribution in [3.05, 3.63) is 34.5 Å². The summed E-state index contributed by atoms with van der Waals surface area (Å²) in [5.41, 5.74) is 2.38. The first-order chi connectivity index (χ1) is 9.19. The number of H-pyrrole nitrogens is 1. The van der Waals surface area contributed by atoms with Crippen LogP contribution in [0.15, 0.2) is 18.2 Å². The zero-order chi connectivity index (χ0) is 13.4. The summed E-state index contributed by atoms with van der Waals surface area (Å²) in [7, 11) is 1.36. The van der Waals surface area contributed by atoms with Gasteiger partial charge in [-0.15, -0.1) is 0 Å². The Morgan fingerprint density at radius 2 is 2.37 bits per heavy atom. The molecule has 0 radical (unpaired) electrons. The summed E-state index contributed by atoms with van der Waals surface area (Å²) in [6.45, 7) is 0.858. The van der Waals surface area contributed by atoms with E-state index in [-0.39, 0.29) is 5.97 Å². The van der Waals surface area contributed by atoms with Crippen molar-refractivity contribution in [2.45, 2.75) is 18.9 Å². The van der Waals surface area contributed by atoms with Crippen molar-refractivity contribution in [3.8, 4) is 0 Å². The van der Waals surface area contributed by atoms with E-state index in [9.17, 15) is 4.79 Å². The van der Waals surface area contributed by atoms with Crippen LogP contribution < -0.4 is 0 Å². The second kappa shape index (κ2) is 4.87. The molecule has 1 aromatic carbocycles. The highest BCUT2D eigenvalue weighted by molar-refractivity contribution is 6.35. The summed E-state index contributed by atoms with van der Waals surface area (Å²) < 4.78 is 9.94. The van der Waals surface area contributed by atoms with Crippen LogP contribution in [-0.4, -0.2) is 30.8 Å². The van der Waals surface area contributed by atoms with Gasteiger partial charge in [0.2, 0.25) is 0 Å². The lowest BCUT2D eigenvalue weighted by Gasteiger charge is -2.03. The number of fused-ring (bicyclic) bond motifs is 1. The molecular formula is C14H14ClNO3. The number of ether oxygens (including phenoxy) is 2. The van der Waals surface area contributed by atoms with Crippen LogP contribution in [0.4, 0.5) is 0 Å². The van der Waals surface area contributed by atoms with Crippen LogP contribution in [0.2, 0.25) is 5.02 Å². The fourth-order valence-electron chi connectivity index (χ4n) is 2.23. The molecule has 1 N–H and O–H groups in total. The van der Waals surface area contributed by atoms with Crippen LogP contribution in [-0.2, 0) is 15.9 Å². The highest BCUT2D eigenvalue weighted by Gasteiger charge is 2.22. The minimum atomic E-state index is -0.385. The Labute approximate surface area is 115 Å². The zero-order valence-corrected chi connectivity index (χ0v) is 11.3. The fourth-order valence-corrected chi connectivity index (χ4v) is 2.44. The van der Waals surface area contributed by atoms with Crippen LogP contribution in [0, 0.1) is 0 Å².